The molecule has 0 heterocycles. The van der Waals surface area contributed by atoms with Gasteiger partial charge in [-0.2, -0.15) is 0 Å². The normalized spacial score (nSPS) is 11.9. The highest BCUT2D eigenvalue weighted by atomic mass is 16.4. The standard InChI is InChI=1S/C13H18N2O3/c1-2-3-11(14)13(18)15-10-6-4-9(5-7-10)8-12(16)17/h4-7,11H,2-3,8,14H2,1H3,(H,15,18)(H,16,17)/t11-/m0/s1. The molecule has 5 heteroatoms. The highest BCUT2D eigenvalue weighted by Crippen LogP contribution is 2.11. The molecule has 1 amide bonds. The van der Waals surface area contributed by atoms with Crippen LogP contribution >= 0.6 is 0 Å². The predicted molar refractivity (Wildman–Crippen MR) is 69.3 cm³/mol. The summed E-state index contributed by atoms with van der Waals surface area (Å²) in [7, 11) is 0. The van der Waals surface area contributed by atoms with Gasteiger partial charge in [0, 0.05) is 5.69 Å². The number of carboxylic acid groups (broad SMARTS) is 1. The van der Waals surface area contributed by atoms with Gasteiger partial charge in [0.05, 0.1) is 12.5 Å². The lowest BCUT2D eigenvalue weighted by molar-refractivity contribution is -0.136. The first kappa shape index (κ1) is 14.2. The Morgan fingerprint density at radius 3 is 2.44 bits per heavy atom. The van der Waals surface area contributed by atoms with Gasteiger partial charge in [0.1, 0.15) is 0 Å². The first-order valence-corrected chi connectivity index (χ1v) is 5.90. The number of carbonyl (C=O) groups excluding carboxylic acids is 1. The van der Waals surface area contributed by atoms with Gasteiger partial charge in [0.2, 0.25) is 5.91 Å². The van der Waals surface area contributed by atoms with E-state index >= 15 is 0 Å². The average Bonchev–Trinajstić information content (AvgIpc) is 2.31. The third-order valence-corrected chi connectivity index (χ3v) is 2.51. The fraction of sp³-hybridized carbons (Fsp3) is 0.385. The number of nitrogens with one attached hydrogen (secondary N) is 1. The number of nitrogens with two attached hydrogens (primary N) is 1. The van der Waals surface area contributed by atoms with Crippen LogP contribution in [0.1, 0.15) is 25.3 Å². The Labute approximate surface area is 106 Å². The molecule has 0 saturated carbocycles. The lowest BCUT2D eigenvalue weighted by atomic mass is 10.1. The molecule has 0 fully saturated rings. The van der Waals surface area contributed by atoms with Crippen molar-refractivity contribution >= 4 is 17.6 Å². The number of hydrogen-bond acceptors (Lipinski definition) is 3. The highest BCUT2D eigenvalue weighted by molar-refractivity contribution is 5.94. The number of benzene rings is 1. The van der Waals surface area contributed by atoms with Crippen LogP contribution in [-0.2, 0) is 16.0 Å². The van der Waals surface area contributed by atoms with Gasteiger partial charge in [-0.3, -0.25) is 9.59 Å². The van der Waals surface area contributed by atoms with E-state index in [1.165, 1.54) is 0 Å². The second kappa shape index (κ2) is 6.76. The van der Waals surface area contributed by atoms with Gasteiger partial charge in [-0.25, -0.2) is 0 Å². The van der Waals surface area contributed by atoms with Crippen LogP contribution in [0, 0.1) is 0 Å². The van der Waals surface area contributed by atoms with Crippen LogP contribution in [0.2, 0.25) is 0 Å². The minimum absolute atomic E-state index is 0.0242. The summed E-state index contributed by atoms with van der Waals surface area (Å²) in [5.41, 5.74) is 7.00. The van der Waals surface area contributed by atoms with E-state index in [0.717, 1.165) is 6.42 Å². The van der Waals surface area contributed by atoms with Crippen molar-refractivity contribution in [2.45, 2.75) is 32.2 Å². The van der Waals surface area contributed by atoms with Crippen LogP contribution in [0.4, 0.5) is 5.69 Å². The van der Waals surface area contributed by atoms with Crippen LogP contribution in [0.5, 0.6) is 0 Å². The van der Waals surface area contributed by atoms with Crippen LogP contribution in [-0.4, -0.2) is 23.0 Å². The first-order chi connectivity index (χ1) is 8.52. The van der Waals surface area contributed by atoms with Crippen molar-refractivity contribution in [2.75, 3.05) is 5.32 Å². The summed E-state index contributed by atoms with van der Waals surface area (Å²) >= 11 is 0. The highest BCUT2D eigenvalue weighted by Gasteiger charge is 2.12. The largest absolute Gasteiger partial charge is 0.481 e. The van der Waals surface area contributed by atoms with Crippen molar-refractivity contribution in [2.24, 2.45) is 5.73 Å². The lowest BCUT2D eigenvalue weighted by Crippen LogP contribution is -2.35. The summed E-state index contributed by atoms with van der Waals surface area (Å²) in [6.45, 7) is 1.97. The molecular formula is C13H18N2O3. The third-order valence-electron chi connectivity index (χ3n) is 2.51. The zero-order valence-corrected chi connectivity index (χ0v) is 10.3. The van der Waals surface area contributed by atoms with Crippen LogP contribution in [0.3, 0.4) is 0 Å². The minimum atomic E-state index is -0.878. The van der Waals surface area contributed by atoms with Gasteiger partial charge in [-0.05, 0) is 24.1 Å². The molecule has 18 heavy (non-hydrogen) atoms. The molecule has 0 aliphatic carbocycles. The Morgan fingerprint density at radius 2 is 1.94 bits per heavy atom. The molecule has 0 aliphatic rings. The summed E-state index contributed by atoms with van der Waals surface area (Å²) in [5.74, 6) is -1.10. The Kier molecular flexibility index (Phi) is 5.32. The molecule has 4 N–H and O–H groups in total. The van der Waals surface area contributed by atoms with E-state index in [1.807, 2.05) is 6.92 Å². The third kappa shape index (κ3) is 4.55. The van der Waals surface area contributed by atoms with E-state index < -0.39 is 12.0 Å². The molecule has 1 atom stereocenters. The summed E-state index contributed by atoms with van der Waals surface area (Å²) in [6, 6.07) is 6.20. The van der Waals surface area contributed by atoms with E-state index in [4.69, 9.17) is 10.8 Å². The van der Waals surface area contributed by atoms with E-state index in [9.17, 15) is 9.59 Å². The van der Waals surface area contributed by atoms with E-state index in [1.54, 1.807) is 24.3 Å². The van der Waals surface area contributed by atoms with Crippen molar-refractivity contribution in [3.63, 3.8) is 0 Å². The zero-order chi connectivity index (χ0) is 13.5. The molecule has 1 rings (SSSR count). The lowest BCUT2D eigenvalue weighted by Gasteiger charge is -2.11. The van der Waals surface area contributed by atoms with Gasteiger partial charge in [-0.15, -0.1) is 0 Å². The quantitative estimate of drug-likeness (QED) is 0.711. The molecule has 0 unspecified atom stereocenters. The Hall–Kier alpha value is -1.88. The number of carbonyl (C=O) groups is 2. The number of carboxylic acids is 1. The molecule has 98 valence electrons. The predicted octanol–water partition coefficient (Wildman–Crippen LogP) is 1.38. The van der Waals surface area contributed by atoms with Crippen molar-refractivity contribution in [3.05, 3.63) is 29.8 Å². The first-order valence-electron chi connectivity index (χ1n) is 5.90. The van der Waals surface area contributed by atoms with Crippen molar-refractivity contribution in [3.8, 4) is 0 Å². The molecule has 5 nitrogen and oxygen atoms in total. The Morgan fingerprint density at radius 1 is 1.33 bits per heavy atom. The summed E-state index contributed by atoms with van der Waals surface area (Å²) < 4.78 is 0. The second-order valence-corrected chi connectivity index (χ2v) is 4.15. The molecule has 0 aromatic heterocycles. The maximum absolute atomic E-state index is 11.6. The SMILES string of the molecule is CCC[C@H](N)C(=O)Nc1ccc(CC(=O)O)cc1. The number of amides is 1. The molecule has 0 aliphatic heterocycles. The smallest absolute Gasteiger partial charge is 0.307 e. The van der Waals surface area contributed by atoms with Crippen molar-refractivity contribution in [1.82, 2.24) is 0 Å². The fourth-order valence-electron chi connectivity index (χ4n) is 1.56. The molecule has 0 spiro atoms. The Bertz CT molecular complexity index is 415. The van der Waals surface area contributed by atoms with Gasteiger partial charge in [0.25, 0.3) is 0 Å². The average molecular weight is 250 g/mol. The van der Waals surface area contributed by atoms with Gasteiger partial charge < -0.3 is 16.2 Å². The molecule has 0 radical (unpaired) electrons. The van der Waals surface area contributed by atoms with Crippen LogP contribution in [0.25, 0.3) is 0 Å². The van der Waals surface area contributed by atoms with Crippen molar-refractivity contribution < 1.29 is 14.7 Å². The van der Waals surface area contributed by atoms with Crippen LogP contribution in [0.15, 0.2) is 24.3 Å². The number of rotatable bonds is 6. The van der Waals surface area contributed by atoms with Crippen molar-refractivity contribution in [1.29, 1.82) is 0 Å². The molecule has 0 saturated heterocycles. The van der Waals surface area contributed by atoms with Gasteiger partial charge in [0.15, 0.2) is 0 Å². The summed E-state index contributed by atoms with van der Waals surface area (Å²) in [6.07, 6.45) is 1.47. The Balaban J connectivity index is 2.58. The number of aliphatic carboxylic acids is 1. The number of anilines is 1. The van der Waals surface area contributed by atoms with E-state index in [0.29, 0.717) is 17.7 Å². The maximum atomic E-state index is 11.6. The van der Waals surface area contributed by atoms with Gasteiger partial charge in [-0.1, -0.05) is 25.5 Å². The topological polar surface area (TPSA) is 92.4 Å². The summed E-state index contributed by atoms with van der Waals surface area (Å²) in [4.78, 5) is 22.1. The molecule has 1 aromatic rings. The van der Waals surface area contributed by atoms with Gasteiger partial charge >= 0.3 is 5.97 Å². The van der Waals surface area contributed by atoms with E-state index in [-0.39, 0.29) is 12.3 Å². The van der Waals surface area contributed by atoms with E-state index in [2.05, 4.69) is 5.32 Å². The maximum Gasteiger partial charge on any atom is 0.307 e. The second-order valence-electron chi connectivity index (χ2n) is 4.15. The monoisotopic (exact) mass is 250 g/mol. The molecule has 1 aromatic carbocycles. The fourth-order valence-corrected chi connectivity index (χ4v) is 1.56. The molecular weight excluding hydrogens is 232 g/mol. The number of hydrogen-bond donors (Lipinski definition) is 3. The van der Waals surface area contributed by atoms with Crippen LogP contribution < -0.4 is 11.1 Å². The minimum Gasteiger partial charge on any atom is -0.481 e. The zero-order valence-electron chi connectivity index (χ0n) is 10.3. The molecule has 0 bridgehead atoms. The summed E-state index contributed by atoms with van der Waals surface area (Å²) in [5, 5.41) is 11.3.